The molecule has 3 aromatic heterocycles. The summed E-state index contributed by atoms with van der Waals surface area (Å²) in [6.07, 6.45) is -0.430. The zero-order chi connectivity index (χ0) is 42.6. The van der Waals surface area contributed by atoms with Crippen LogP contribution < -0.4 is 15.5 Å². The van der Waals surface area contributed by atoms with E-state index in [1.807, 2.05) is 47.4 Å². The van der Waals surface area contributed by atoms with Gasteiger partial charge < -0.3 is 15.0 Å². The molecule has 1 fully saturated rings. The van der Waals surface area contributed by atoms with E-state index in [9.17, 15) is 31.2 Å². The molecule has 1 atom stereocenters. The number of ketones is 1. The molecule has 2 aliphatic rings. The van der Waals surface area contributed by atoms with Gasteiger partial charge in [0, 0.05) is 78.4 Å². The highest BCUT2D eigenvalue weighted by atomic mass is 32.2. The molecule has 0 saturated carbocycles. The maximum Gasteiger partial charge on any atom is 0.418 e. The smallest absolute Gasteiger partial charge is 0.381 e. The van der Waals surface area contributed by atoms with Gasteiger partial charge in [-0.2, -0.15) is 13.2 Å². The molecule has 2 N–H and O–H groups in total. The van der Waals surface area contributed by atoms with E-state index in [1.54, 1.807) is 24.5 Å². The van der Waals surface area contributed by atoms with Gasteiger partial charge in [0.2, 0.25) is 0 Å². The molecule has 1 saturated heterocycles. The minimum absolute atomic E-state index is 0.112. The summed E-state index contributed by atoms with van der Waals surface area (Å²) in [4.78, 5) is 44.4. The van der Waals surface area contributed by atoms with Crippen LogP contribution in [-0.2, 0) is 33.7 Å². The van der Waals surface area contributed by atoms with Gasteiger partial charge >= 0.3 is 6.18 Å². The number of benzene rings is 3. The predicted molar refractivity (Wildman–Crippen MR) is 233 cm³/mol. The molecule has 0 aliphatic carbocycles. The van der Waals surface area contributed by atoms with Crippen LogP contribution in [0.4, 0.5) is 29.1 Å². The van der Waals surface area contributed by atoms with Crippen molar-refractivity contribution in [1.29, 1.82) is 0 Å². The summed E-state index contributed by atoms with van der Waals surface area (Å²) < 4.78 is 77.4. The Labute approximate surface area is 362 Å². The van der Waals surface area contributed by atoms with Gasteiger partial charge in [-0.25, -0.2) is 18.4 Å². The van der Waals surface area contributed by atoms with Crippen LogP contribution in [0.5, 0.6) is 0 Å². The number of aromatic nitrogens is 3. The number of halogens is 3. The van der Waals surface area contributed by atoms with Crippen LogP contribution in [0, 0.1) is 0 Å². The van der Waals surface area contributed by atoms with Crippen molar-refractivity contribution in [3.05, 3.63) is 119 Å². The van der Waals surface area contributed by atoms with E-state index in [0.29, 0.717) is 73.3 Å². The number of Topliss-reactive ketones (excluding diaryl/α,β-unsaturated/α-hetero) is 1. The SMILES string of the molecule is O=C(CS(=O)(=O)c1ccc(N[C@H](CCN2CCOCC2)CSc2ccccc2)c(C(F)(F)F)c1)c1csc(N2CCc3cccc(C(=O)Nc4nc5ccncc5s4)c3C2)n1. The molecule has 0 unspecified atom stereocenters. The second-order valence-corrected chi connectivity index (χ2v) is 19.5. The van der Waals surface area contributed by atoms with Gasteiger partial charge in [0.15, 0.2) is 25.9 Å². The van der Waals surface area contributed by atoms with Crippen molar-refractivity contribution in [3.8, 4) is 0 Å². The molecule has 0 bridgehead atoms. The first-order chi connectivity index (χ1) is 29.4. The van der Waals surface area contributed by atoms with Gasteiger partial charge in [-0.3, -0.25) is 24.8 Å². The summed E-state index contributed by atoms with van der Waals surface area (Å²) in [6.45, 7) is 4.15. The molecule has 0 radical (unpaired) electrons. The average molecular weight is 908 g/mol. The highest BCUT2D eigenvalue weighted by molar-refractivity contribution is 7.99. The van der Waals surface area contributed by atoms with Gasteiger partial charge in [-0.1, -0.05) is 41.7 Å². The third-order valence-corrected chi connectivity index (χ3v) is 15.0. The van der Waals surface area contributed by atoms with Crippen molar-refractivity contribution in [1.82, 2.24) is 19.9 Å². The fourth-order valence-corrected chi connectivity index (χ4v) is 11.1. The average Bonchev–Trinajstić information content (AvgIpc) is 3.92. The van der Waals surface area contributed by atoms with Crippen LogP contribution >= 0.6 is 34.4 Å². The molecule has 2 aliphatic heterocycles. The van der Waals surface area contributed by atoms with Crippen LogP contribution in [0.15, 0.2) is 100 Å². The summed E-state index contributed by atoms with van der Waals surface area (Å²) in [5, 5.41) is 8.30. The number of amides is 1. The largest absolute Gasteiger partial charge is 0.418 e. The predicted octanol–water partition coefficient (Wildman–Crippen LogP) is 7.93. The number of ether oxygens (including phenoxy) is 1. The van der Waals surface area contributed by atoms with Crippen molar-refractivity contribution < 1.29 is 35.9 Å². The van der Waals surface area contributed by atoms with Crippen LogP contribution in [0.1, 0.15) is 44.0 Å². The maximum absolute atomic E-state index is 14.6. The van der Waals surface area contributed by atoms with Crippen molar-refractivity contribution in [3.63, 3.8) is 0 Å². The Bertz CT molecular complexity index is 2600. The number of thiazole rings is 2. The number of thioether (sulfide) groups is 1. The van der Waals surface area contributed by atoms with Crippen molar-refractivity contribution >= 4 is 82.1 Å². The summed E-state index contributed by atoms with van der Waals surface area (Å²) in [5.74, 6) is -1.76. The molecule has 8 rings (SSSR count). The van der Waals surface area contributed by atoms with E-state index in [0.717, 1.165) is 62.8 Å². The number of nitrogens with one attached hydrogen (secondary N) is 2. The first-order valence-corrected chi connectivity index (χ1v) is 23.8. The number of rotatable bonds is 15. The topological polar surface area (TPSA) is 147 Å². The quantitative estimate of drug-likeness (QED) is 0.0762. The van der Waals surface area contributed by atoms with Crippen LogP contribution in [0.2, 0.25) is 0 Å². The van der Waals surface area contributed by atoms with Crippen LogP contribution in [-0.4, -0.2) is 96.9 Å². The van der Waals surface area contributed by atoms with Crippen molar-refractivity contribution in [2.75, 3.05) is 66.4 Å². The molecule has 318 valence electrons. The van der Waals surface area contributed by atoms with Crippen molar-refractivity contribution in [2.24, 2.45) is 0 Å². The first-order valence-electron chi connectivity index (χ1n) is 19.4. The molecule has 61 heavy (non-hydrogen) atoms. The summed E-state index contributed by atoms with van der Waals surface area (Å²) in [6, 6.07) is 19.3. The third-order valence-electron chi connectivity index (χ3n) is 10.4. The second kappa shape index (κ2) is 18.6. The molecular weight excluding hydrogens is 868 g/mol. The Hall–Kier alpha value is -4.92. The zero-order valence-corrected chi connectivity index (χ0v) is 35.8. The molecule has 0 spiro atoms. The Morgan fingerprint density at radius 2 is 1.80 bits per heavy atom. The Balaban J connectivity index is 0.947. The van der Waals surface area contributed by atoms with Gasteiger partial charge in [-0.05, 0) is 66.4 Å². The number of carbonyl (C=O) groups excluding carboxylic acids is 2. The lowest BCUT2D eigenvalue weighted by Crippen LogP contribution is -2.39. The molecule has 3 aromatic carbocycles. The lowest BCUT2D eigenvalue weighted by Gasteiger charge is -2.29. The summed E-state index contributed by atoms with van der Waals surface area (Å²) in [7, 11) is -4.51. The van der Waals surface area contributed by atoms with E-state index in [-0.39, 0.29) is 23.3 Å². The fourth-order valence-electron chi connectivity index (χ4n) is 7.19. The number of pyridine rings is 1. The summed E-state index contributed by atoms with van der Waals surface area (Å²) >= 11 is 3.98. The Morgan fingerprint density at radius 3 is 2.59 bits per heavy atom. The lowest BCUT2D eigenvalue weighted by molar-refractivity contribution is -0.137. The molecule has 19 heteroatoms. The Kier molecular flexibility index (Phi) is 13.0. The lowest BCUT2D eigenvalue weighted by atomic mass is 9.94. The van der Waals surface area contributed by atoms with Crippen molar-refractivity contribution in [2.45, 2.75) is 41.4 Å². The zero-order valence-electron chi connectivity index (χ0n) is 32.6. The number of fused-ring (bicyclic) bond motifs is 2. The normalized spacial score (nSPS) is 15.4. The number of nitrogens with zero attached hydrogens (tertiary/aromatic N) is 5. The van der Waals surface area contributed by atoms with E-state index in [4.69, 9.17) is 4.74 Å². The first kappa shape index (κ1) is 42.8. The number of alkyl halides is 3. The fraction of sp³-hybridized carbons (Fsp3) is 0.310. The van der Waals surface area contributed by atoms with Gasteiger partial charge in [0.05, 0.1) is 33.9 Å². The minimum atomic E-state index is -4.89. The Morgan fingerprint density at radius 1 is 0.984 bits per heavy atom. The molecule has 5 heterocycles. The second-order valence-electron chi connectivity index (χ2n) is 14.5. The number of hydrogen-bond donors (Lipinski definition) is 2. The van der Waals surface area contributed by atoms with E-state index < -0.39 is 38.0 Å². The number of anilines is 3. The molecular formula is C42H40F3N7O5S4. The number of morpholine rings is 1. The van der Waals surface area contributed by atoms with Gasteiger partial charge in [0.1, 0.15) is 11.4 Å². The monoisotopic (exact) mass is 907 g/mol. The summed E-state index contributed by atoms with van der Waals surface area (Å²) in [5.41, 5.74) is 1.49. The van der Waals surface area contributed by atoms with E-state index >= 15 is 0 Å². The van der Waals surface area contributed by atoms with Gasteiger partial charge in [0.25, 0.3) is 5.91 Å². The number of carbonyl (C=O) groups is 2. The van der Waals surface area contributed by atoms with Crippen LogP contribution in [0.3, 0.4) is 0 Å². The molecule has 12 nitrogen and oxygen atoms in total. The third kappa shape index (κ3) is 10.4. The highest BCUT2D eigenvalue weighted by Gasteiger charge is 2.36. The number of sulfone groups is 1. The van der Waals surface area contributed by atoms with E-state index in [1.165, 1.54) is 28.5 Å². The molecule has 6 aromatic rings. The standard InChI is InChI=1S/C42H40F3N7O5S4/c43-42(44,45)33-21-30(9-10-34(33)47-28(13-15-51-17-19-57-20-18-51)24-58-29-6-2-1-3-7-29)61(55,56)26-37(53)36-25-59-41(49-36)52-16-12-27-5-4-8-31(32(27)23-52)39(54)50-40-48-35-11-14-46-22-38(35)60-40/h1-11,14,21-22,25,28,47H,12-13,15-20,23-24,26H2,(H,48,50,54)/t28-/m1/s1. The van der Waals surface area contributed by atoms with E-state index in [2.05, 4.69) is 30.5 Å². The van der Waals surface area contributed by atoms with Crippen LogP contribution in [0.25, 0.3) is 10.2 Å². The molecule has 1 amide bonds. The highest BCUT2D eigenvalue weighted by Crippen LogP contribution is 2.38. The maximum atomic E-state index is 14.6. The number of hydrogen-bond acceptors (Lipinski definition) is 14. The minimum Gasteiger partial charge on any atom is -0.381 e. The van der Waals surface area contributed by atoms with Gasteiger partial charge in [-0.15, -0.1) is 23.1 Å².